The van der Waals surface area contributed by atoms with Gasteiger partial charge >= 0.3 is 0 Å². The minimum atomic E-state index is -0.620. The van der Waals surface area contributed by atoms with Gasteiger partial charge in [-0.25, -0.2) is 0 Å². The van der Waals surface area contributed by atoms with Crippen molar-refractivity contribution in [1.29, 1.82) is 0 Å². The van der Waals surface area contributed by atoms with Crippen molar-refractivity contribution in [2.45, 2.75) is 19.9 Å². The fourth-order valence-electron chi connectivity index (χ4n) is 3.59. The van der Waals surface area contributed by atoms with Crippen LogP contribution in [0.1, 0.15) is 38.3 Å². The molecule has 0 saturated carbocycles. The summed E-state index contributed by atoms with van der Waals surface area (Å²) in [5.41, 5.74) is 2.40. The summed E-state index contributed by atoms with van der Waals surface area (Å²) >= 11 is 4.71. The molecule has 5 rings (SSSR count). The maximum absolute atomic E-state index is 13.5. The van der Waals surface area contributed by atoms with E-state index in [4.69, 9.17) is 4.42 Å². The molecule has 0 N–H and O–H groups in total. The Balaban J connectivity index is 1.83. The number of halogens is 1. The Bertz CT molecular complexity index is 1340. The van der Waals surface area contributed by atoms with E-state index in [0.717, 1.165) is 20.6 Å². The Hall–Kier alpha value is -2.84. The van der Waals surface area contributed by atoms with Gasteiger partial charge in [-0.1, -0.05) is 57.1 Å². The lowest BCUT2D eigenvalue weighted by Crippen LogP contribution is -2.29. The van der Waals surface area contributed by atoms with Crippen LogP contribution in [0.2, 0.25) is 0 Å². The highest BCUT2D eigenvalue weighted by Crippen LogP contribution is 2.42. The summed E-state index contributed by atoms with van der Waals surface area (Å²) in [5, 5.41) is 9.81. The van der Waals surface area contributed by atoms with Gasteiger partial charge in [-0.15, -0.1) is 10.2 Å². The second-order valence-electron chi connectivity index (χ2n) is 6.91. The van der Waals surface area contributed by atoms with E-state index in [1.807, 2.05) is 38.1 Å². The van der Waals surface area contributed by atoms with Crippen molar-refractivity contribution in [3.8, 4) is 0 Å². The Morgan fingerprint density at radius 3 is 2.52 bits per heavy atom. The zero-order valence-electron chi connectivity index (χ0n) is 15.5. The first-order chi connectivity index (χ1) is 13.9. The van der Waals surface area contributed by atoms with Gasteiger partial charge in [0, 0.05) is 4.47 Å². The number of benzene rings is 2. The minimum absolute atomic E-state index is 0.0586. The summed E-state index contributed by atoms with van der Waals surface area (Å²) < 4.78 is 6.70. The first kappa shape index (κ1) is 18.2. The van der Waals surface area contributed by atoms with E-state index in [1.165, 1.54) is 16.2 Å². The number of anilines is 1. The lowest BCUT2D eigenvalue weighted by Gasteiger charge is -2.22. The van der Waals surface area contributed by atoms with Crippen LogP contribution in [0.5, 0.6) is 0 Å². The number of carbonyl (C=O) groups is 1. The summed E-state index contributed by atoms with van der Waals surface area (Å²) in [5.74, 6) is -0.327. The van der Waals surface area contributed by atoms with Crippen LogP contribution in [0.4, 0.5) is 5.13 Å². The summed E-state index contributed by atoms with van der Waals surface area (Å²) in [6.07, 6.45) is 0. The third-order valence-electron chi connectivity index (χ3n) is 4.95. The summed E-state index contributed by atoms with van der Waals surface area (Å²) in [4.78, 5) is 28.3. The van der Waals surface area contributed by atoms with Crippen LogP contribution in [0, 0.1) is 13.8 Å². The van der Waals surface area contributed by atoms with Crippen molar-refractivity contribution < 1.29 is 9.21 Å². The summed E-state index contributed by atoms with van der Waals surface area (Å²) in [7, 11) is 0. The predicted molar refractivity (Wildman–Crippen MR) is 115 cm³/mol. The summed E-state index contributed by atoms with van der Waals surface area (Å²) in [6.45, 7) is 3.81. The van der Waals surface area contributed by atoms with Crippen LogP contribution >= 0.6 is 27.3 Å². The molecule has 8 heteroatoms. The Morgan fingerprint density at radius 1 is 1.07 bits per heavy atom. The summed E-state index contributed by atoms with van der Waals surface area (Å²) in [6, 6.07) is 12.3. The third-order valence-corrected chi connectivity index (χ3v) is 6.28. The molecule has 1 atom stereocenters. The molecule has 29 heavy (non-hydrogen) atoms. The number of hydrogen-bond donors (Lipinski definition) is 0. The zero-order valence-corrected chi connectivity index (χ0v) is 17.9. The average Bonchev–Trinajstić information content (AvgIpc) is 3.25. The van der Waals surface area contributed by atoms with Crippen LogP contribution in [0.3, 0.4) is 0 Å². The molecule has 144 valence electrons. The Morgan fingerprint density at radius 2 is 1.83 bits per heavy atom. The smallest absolute Gasteiger partial charge is 0.297 e. The maximum atomic E-state index is 13.5. The quantitative estimate of drug-likeness (QED) is 0.424. The largest absolute Gasteiger partial charge is 0.450 e. The maximum Gasteiger partial charge on any atom is 0.297 e. The first-order valence-electron chi connectivity index (χ1n) is 8.90. The van der Waals surface area contributed by atoms with Gasteiger partial charge in [0.1, 0.15) is 10.6 Å². The van der Waals surface area contributed by atoms with Crippen LogP contribution in [-0.4, -0.2) is 16.1 Å². The molecule has 6 nitrogen and oxygen atoms in total. The Kier molecular flexibility index (Phi) is 4.15. The molecule has 0 fully saturated rings. The molecule has 0 saturated heterocycles. The van der Waals surface area contributed by atoms with Crippen molar-refractivity contribution in [3.63, 3.8) is 0 Å². The number of aromatic nitrogens is 2. The molecule has 0 aliphatic carbocycles. The standard InChI is InChI=1S/C21H14BrN3O3S/c1-10-3-5-12(6-4-10)17-16-18(26)14-9-13(22)7-8-15(14)28-19(16)20(27)25(17)21-24-23-11(2)29-21/h3-9,17H,1-2H3. The lowest BCUT2D eigenvalue weighted by molar-refractivity contribution is 0.0970. The molecule has 1 aliphatic rings. The van der Waals surface area contributed by atoms with Gasteiger partial charge in [0.15, 0.2) is 5.43 Å². The van der Waals surface area contributed by atoms with E-state index in [2.05, 4.69) is 26.1 Å². The van der Waals surface area contributed by atoms with E-state index >= 15 is 0 Å². The number of aryl methyl sites for hydroxylation is 2. The third kappa shape index (κ3) is 2.82. The number of fused-ring (bicyclic) bond motifs is 2. The second kappa shape index (κ2) is 6.60. The Labute approximate surface area is 177 Å². The molecule has 0 bridgehead atoms. The number of nitrogens with zero attached hydrogens (tertiary/aromatic N) is 3. The van der Waals surface area contributed by atoms with E-state index in [1.54, 1.807) is 18.2 Å². The molecule has 1 unspecified atom stereocenters. The first-order valence-corrected chi connectivity index (χ1v) is 10.5. The fraction of sp³-hybridized carbons (Fsp3) is 0.143. The molecule has 1 aliphatic heterocycles. The van der Waals surface area contributed by atoms with Crippen LogP contribution < -0.4 is 10.3 Å². The van der Waals surface area contributed by atoms with Gasteiger partial charge in [-0.2, -0.15) is 0 Å². The minimum Gasteiger partial charge on any atom is -0.450 e. The van der Waals surface area contributed by atoms with Crippen molar-refractivity contribution >= 4 is 49.3 Å². The SMILES string of the molecule is Cc1ccc(C2c3c(oc4ccc(Br)cc4c3=O)C(=O)N2c2nnc(C)s2)cc1. The predicted octanol–water partition coefficient (Wildman–Crippen LogP) is 4.77. The molecule has 1 amide bonds. The van der Waals surface area contributed by atoms with Gasteiger partial charge in [-0.3, -0.25) is 14.5 Å². The van der Waals surface area contributed by atoms with Crippen molar-refractivity contribution in [2.75, 3.05) is 4.90 Å². The average molecular weight is 468 g/mol. The van der Waals surface area contributed by atoms with E-state index in [-0.39, 0.29) is 17.1 Å². The highest BCUT2D eigenvalue weighted by Gasteiger charge is 2.45. The highest BCUT2D eigenvalue weighted by molar-refractivity contribution is 9.10. The van der Waals surface area contributed by atoms with Gasteiger partial charge in [0.05, 0.1) is 17.0 Å². The molecule has 0 spiro atoms. The number of rotatable bonds is 2. The van der Waals surface area contributed by atoms with Gasteiger partial charge < -0.3 is 4.42 Å². The molecule has 3 heterocycles. The van der Waals surface area contributed by atoms with Crippen LogP contribution in [0.15, 0.2) is 56.1 Å². The fourth-order valence-corrected chi connectivity index (χ4v) is 4.67. The number of hydrogen-bond acceptors (Lipinski definition) is 6. The van der Waals surface area contributed by atoms with E-state index in [0.29, 0.717) is 21.7 Å². The lowest BCUT2D eigenvalue weighted by atomic mass is 9.98. The van der Waals surface area contributed by atoms with Crippen molar-refractivity contribution in [1.82, 2.24) is 10.2 Å². The topological polar surface area (TPSA) is 76.3 Å². The molecular weight excluding hydrogens is 454 g/mol. The zero-order chi connectivity index (χ0) is 20.3. The molecule has 2 aromatic carbocycles. The normalized spacial score (nSPS) is 15.9. The second-order valence-corrected chi connectivity index (χ2v) is 8.98. The van der Waals surface area contributed by atoms with Gasteiger partial charge in [0.2, 0.25) is 10.9 Å². The molecular formula is C21H14BrN3O3S. The molecule has 4 aromatic rings. The van der Waals surface area contributed by atoms with Crippen molar-refractivity contribution in [2.24, 2.45) is 0 Å². The van der Waals surface area contributed by atoms with Crippen LogP contribution in [0.25, 0.3) is 11.0 Å². The van der Waals surface area contributed by atoms with Gasteiger partial charge in [0.25, 0.3) is 5.91 Å². The van der Waals surface area contributed by atoms with Gasteiger partial charge in [-0.05, 0) is 37.6 Å². The molecule has 2 aromatic heterocycles. The number of amides is 1. The number of carbonyl (C=O) groups excluding carboxylic acids is 1. The highest BCUT2D eigenvalue weighted by atomic mass is 79.9. The van der Waals surface area contributed by atoms with E-state index in [9.17, 15) is 9.59 Å². The monoisotopic (exact) mass is 467 g/mol. The van der Waals surface area contributed by atoms with E-state index < -0.39 is 6.04 Å². The molecule has 0 radical (unpaired) electrons. The van der Waals surface area contributed by atoms with Crippen LogP contribution in [-0.2, 0) is 0 Å². The van der Waals surface area contributed by atoms with Crippen molar-refractivity contribution in [3.05, 3.63) is 84.6 Å².